The number of hydrogen-bond acceptors (Lipinski definition) is 4. The molecule has 0 fully saturated rings. The average molecular weight is 377 g/mol. The highest BCUT2D eigenvalue weighted by atomic mass is 35.5. The van der Waals surface area contributed by atoms with E-state index < -0.39 is 16.1 Å². The van der Waals surface area contributed by atoms with Crippen molar-refractivity contribution in [3.63, 3.8) is 0 Å². The molecule has 2 atom stereocenters. The summed E-state index contributed by atoms with van der Waals surface area (Å²) in [6.45, 7) is 7.36. The first kappa shape index (κ1) is 20.6. The number of rotatable bonds is 7. The third-order valence-electron chi connectivity index (χ3n) is 3.84. The molecule has 0 aliphatic rings. The van der Waals surface area contributed by atoms with Crippen molar-refractivity contribution >= 4 is 33.2 Å². The number of ether oxygens (including phenoxy) is 1. The van der Waals surface area contributed by atoms with Gasteiger partial charge in [0.15, 0.2) is 0 Å². The summed E-state index contributed by atoms with van der Waals surface area (Å²) in [6, 6.07) is 3.60. The highest BCUT2D eigenvalue weighted by molar-refractivity contribution is 7.92. The molecule has 1 amide bonds. The number of nitrogens with zero attached hydrogens (tertiary/aromatic N) is 1. The maximum atomic E-state index is 12.5. The molecule has 1 aromatic carbocycles. The minimum absolute atomic E-state index is 0.0809. The number of carbonyl (C=O) groups excluding carboxylic acids is 1. The van der Waals surface area contributed by atoms with E-state index in [2.05, 4.69) is 5.32 Å². The summed E-state index contributed by atoms with van der Waals surface area (Å²) in [6.07, 6.45) is 1.04. The molecule has 0 radical (unpaired) electrons. The first-order valence-corrected chi connectivity index (χ1v) is 9.85. The molecule has 0 aromatic heterocycles. The van der Waals surface area contributed by atoms with Crippen LogP contribution in [0.3, 0.4) is 0 Å². The van der Waals surface area contributed by atoms with Crippen LogP contribution in [-0.4, -0.2) is 39.8 Å². The molecule has 0 unspecified atom stereocenters. The van der Waals surface area contributed by atoms with Gasteiger partial charge in [-0.1, -0.05) is 25.4 Å². The molecule has 0 saturated heterocycles. The maximum Gasteiger partial charge on any atom is 0.243 e. The van der Waals surface area contributed by atoms with Crippen LogP contribution in [-0.2, 0) is 14.8 Å². The molecule has 1 N–H and O–H groups in total. The lowest BCUT2D eigenvalue weighted by Crippen LogP contribution is -2.50. The Morgan fingerprint density at radius 2 is 1.83 bits per heavy atom. The highest BCUT2D eigenvalue weighted by Crippen LogP contribution is 2.34. The predicted octanol–water partition coefficient (Wildman–Crippen LogP) is 2.66. The average Bonchev–Trinajstić information content (AvgIpc) is 2.45. The second-order valence-corrected chi connectivity index (χ2v) is 8.39. The van der Waals surface area contributed by atoms with Crippen LogP contribution in [0.25, 0.3) is 0 Å². The van der Waals surface area contributed by atoms with Crippen molar-refractivity contribution in [1.82, 2.24) is 5.32 Å². The van der Waals surface area contributed by atoms with E-state index in [-0.39, 0.29) is 23.6 Å². The molecule has 0 aliphatic heterocycles. The van der Waals surface area contributed by atoms with Crippen molar-refractivity contribution < 1.29 is 17.9 Å². The molecule has 6 nitrogen and oxygen atoms in total. The largest absolute Gasteiger partial charge is 0.495 e. The lowest BCUT2D eigenvalue weighted by atomic mass is 10.1. The van der Waals surface area contributed by atoms with Crippen LogP contribution >= 0.6 is 11.6 Å². The number of amides is 1. The summed E-state index contributed by atoms with van der Waals surface area (Å²) in [5.41, 5.74) is 0.229. The van der Waals surface area contributed by atoms with Gasteiger partial charge in [0.1, 0.15) is 11.8 Å². The summed E-state index contributed by atoms with van der Waals surface area (Å²) in [7, 11) is -2.30. The predicted molar refractivity (Wildman–Crippen MR) is 97.2 cm³/mol. The Balaban J connectivity index is 3.29. The van der Waals surface area contributed by atoms with E-state index in [9.17, 15) is 13.2 Å². The Labute approximate surface area is 149 Å². The van der Waals surface area contributed by atoms with Crippen molar-refractivity contribution in [2.75, 3.05) is 17.7 Å². The van der Waals surface area contributed by atoms with E-state index in [1.54, 1.807) is 12.1 Å². The van der Waals surface area contributed by atoms with Gasteiger partial charge in [0.05, 0.1) is 19.1 Å². The maximum absolute atomic E-state index is 12.5. The molecule has 24 heavy (non-hydrogen) atoms. The van der Waals surface area contributed by atoms with E-state index in [0.717, 1.165) is 10.6 Å². The fourth-order valence-electron chi connectivity index (χ4n) is 2.13. The van der Waals surface area contributed by atoms with E-state index in [0.29, 0.717) is 10.8 Å². The van der Waals surface area contributed by atoms with Crippen LogP contribution in [0, 0.1) is 5.92 Å². The minimum Gasteiger partial charge on any atom is -0.495 e. The number of nitrogens with one attached hydrogen (secondary N) is 1. The molecular formula is C16H25ClN2O4S. The molecule has 1 aromatic rings. The van der Waals surface area contributed by atoms with Crippen molar-refractivity contribution in [1.29, 1.82) is 0 Å². The summed E-state index contributed by atoms with van der Waals surface area (Å²) < 4.78 is 30.9. The van der Waals surface area contributed by atoms with Gasteiger partial charge < -0.3 is 10.1 Å². The van der Waals surface area contributed by atoms with Gasteiger partial charge in [0.2, 0.25) is 15.9 Å². The first-order chi connectivity index (χ1) is 11.0. The van der Waals surface area contributed by atoms with Gasteiger partial charge in [-0.2, -0.15) is 0 Å². The van der Waals surface area contributed by atoms with Gasteiger partial charge in [-0.05, 0) is 38.0 Å². The Kier molecular flexibility index (Phi) is 6.92. The first-order valence-electron chi connectivity index (χ1n) is 7.62. The normalized spacial score (nSPS) is 14.2. The summed E-state index contributed by atoms with van der Waals surface area (Å²) in [5, 5.41) is 3.18. The van der Waals surface area contributed by atoms with Crippen molar-refractivity contribution in [3.05, 3.63) is 23.2 Å². The van der Waals surface area contributed by atoms with Crippen LogP contribution in [0.1, 0.15) is 27.7 Å². The Hall–Kier alpha value is -1.47. The van der Waals surface area contributed by atoms with Crippen LogP contribution in [0.4, 0.5) is 5.69 Å². The molecule has 0 spiro atoms. The molecule has 0 saturated carbocycles. The highest BCUT2D eigenvalue weighted by Gasteiger charge is 2.32. The molecule has 0 bridgehead atoms. The lowest BCUT2D eigenvalue weighted by molar-refractivity contribution is -0.122. The van der Waals surface area contributed by atoms with E-state index in [1.165, 1.54) is 20.1 Å². The van der Waals surface area contributed by atoms with E-state index >= 15 is 0 Å². The van der Waals surface area contributed by atoms with Crippen molar-refractivity contribution in [2.45, 2.75) is 39.8 Å². The lowest BCUT2D eigenvalue weighted by Gasteiger charge is -2.30. The quantitative estimate of drug-likeness (QED) is 0.793. The zero-order chi connectivity index (χ0) is 18.7. The topological polar surface area (TPSA) is 75.7 Å². The number of carbonyl (C=O) groups is 1. The van der Waals surface area contributed by atoms with Crippen LogP contribution < -0.4 is 14.4 Å². The van der Waals surface area contributed by atoms with Crippen LogP contribution in [0.2, 0.25) is 5.02 Å². The number of benzene rings is 1. The number of halogens is 1. The van der Waals surface area contributed by atoms with Crippen molar-refractivity contribution in [3.8, 4) is 5.75 Å². The summed E-state index contributed by atoms with van der Waals surface area (Å²) in [5.74, 6) is 0.165. The number of anilines is 1. The summed E-state index contributed by atoms with van der Waals surface area (Å²) in [4.78, 5) is 12.5. The Morgan fingerprint density at radius 1 is 1.25 bits per heavy atom. The Morgan fingerprint density at radius 3 is 2.29 bits per heavy atom. The zero-order valence-electron chi connectivity index (χ0n) is 14.8. The van der Waals surface area contributed by atoms with Crippen molar-refractivity contribution in [2.24, 2.45) is 5.92 Å². The number of methoxy groups -OCH3 is 1. The number of sulfonamides is 1. The third-order valence-corrected chi connectivity index (χ3v) is 5.30. The second-order valence-electron chi connectivity index (χ2n) is 6.09. The van der Waals surface area contributed by atoms with Gasteiger partial charge in [0.25, 0.3) is 0 Å². The zero-order valence-corrected chi connectivity index (χ0v) is 16.4. The van der Waals surface area contributed by atoms with Crippen LogP contribution in [0.5, 0.6) is 5.75 Å². The smallest absolute Gasteiger partial charge is 0.243 e. The van der Waals surface area contributed by atoms with Gasteiger partial charge >= 0.3 is 0 Å². The minimum atomic E-state index is -3.73. The molecular weight excluding hydrogens is 352 g/mol. The molecule has 0 aliphatic carbocycles. The second kappa shape index (κ2) is 8.07. The van der Waals surface area contributed by atoms with Gasteiger partial charge in [-0.3, -0.25) is 9.10 Å². The molecule has 0 heterocycles. The Bertz CT molecular complexity index is 691. The van der Waals surface area contributed by atoms with Gasteiger partial charge in [0, 0.05) is 11.1 Å². The number of hydrogen-bond donors (Lipinski definition) is 1. The molecule has 136 valence electrons. The van der Waals surface area contributed by atoms with Gasteiger partial charge in [-0.25, -0.2) is 8.42 Å². The van der Waals surface area contributed by atoms with E-state index in [1.807, 2.05) is 20.8 Å². The van der Waals surface area contributed by atoms with E-state index in [4.69, 9.17) is 16.3 Å². The van der Waals surface area contributed by atoms with Crippen LogP contribution in [0.15, 0.2) is 18.2 Å². The van der Waals surface area contributed by atoms with Gasteiger partial charge in [-0.15, -0.1) is 0 Å². The standard InChI is InChI=1S/C16H25ClN2O4S/c1-10(2)11(3)18-16(20)12(4)19(24(6,21)22)14-9-13(17)7-8-15(14)23-5/h7-12H,1-6H3,(H,18,20)/t11-,12+/m1/s1. The molecule has 1 rings (SSSR count). The fraction of sp³-hybridized carbons (Fsp3) is 0.562. The monoisotopic (exact) mass is 376 g/mol. The fourth-order valence-corrected chi connectivity index (χ4v) is 3.46. The third kappa shape index (κ3) is 5.01. The SMILES string of the molecule is COc1ccc(Cl)cc1N([C@@H](C)C(=O)N[C@H](C)C(C)C)S(C)(=O)=O. The summed E-state index contributed by atoms with van der Waals surface area (Å²) >= 11 is 6.00. The molecule has 8 heteroatoms.